The Hall–Kier alpha value is -5.43. The Bertz CT molecular complexity index is 3110. The van der Waals surface area contributed by atoms with Crippen LogP contribution in [0.3, 0.4) is 0 Å². The second kappa shape index (κ2) is 13.2. The summed E-state index contributed by atoms with van der Waals surface area (Å²) >= 11 is 0. The fourth-order valence-corrected chi connectivity index (χ4v) is 8.25. The second-order valence-electron chi connectivity index (χ2n) is 10.7. The molecule has 0 amide bonds. The summed E-state index contributed by atoms with van der Waals surface area (Å²) in [6.07, 6.45) is 0. The summed E-state index contributed by atoms with van der Waals surface area (Å²) in [6.45, 7) is 0. The van der Waals surface area contributed by atoms with Crippen LogP contribution in [0.25, 0.3) is 21.5 Å². The molecule has 54 heavy (non-hydrogen) atoms. The van der Waals surface area contributed by atoms with Crippen molar-refractivity contribution in [2.75, 3.05) is 5.73 Å². The molecule has 0 bridgehead atoms. The fourth-order valence-electron chi connectivity index (χ4n) is 4.93. The van der Waals surface area contributed by atoms with Crippen LogP contribution < -0.4 is 5.73 Å². The molecule has 23 nitrogen and oxygen atoms in total. The van der Waals surface area contributed by atoms with Gasteiger partial charge in [-0.1, -0.05) is 0 Å². The van der Waals surface area contributed by atoms with Crippen LogP contribution in [0.2, 0.25) is 0 Å². The van der Waals surface area contributed by atoms with E-state index < -0.39 is 137 Å². The Kier molecular flexibility index (Phi) is 9.69. The summed E-state index contributed by atoms with van der Waals surface area (Å²) in [5.41, 5.74) is 1.36. The van der Waals surface area contributed by atoms with Gasteiger partial charge in [-0.15, -0.1) is 20.5 Å². The van der Waals surface area contributed by atoms with Gasteiger partial charge in [0, 0.05) is 22.5 Å². The average Bonchev–Trinajstić information content (AvgIpc) is 3.01. The number of fused-ring (bicyclic) bond motifs is 2. The molecular weight excluding hydrogens is 831 g/mol. The summed E-state index contributed by atoms with van der Waals surface area (Å²) in [4.78, 5) is -6.00. The minimum atomic E-state index is -5.60. The lowest BCUT2D eigenvalue weighted by Gasteiger charge is -2.13. The molecule has 0 radical (unpaired) electrons. The SMILES string of the molecule is Nc1ccc(/N=N/c2c(S(=O)(=O)O)cc3c(S(=O)(=O)O)c(/N=N/c4c(S(=O)(=O)O)cc5cc(S(=O)(=O)O)cc(O)c5c4O)ccc3c2O)c(S(=O)(=O)O)c1. The van der Waals surface area contributed by atoms with E-state index in [1.165, 1.54) is 0 Å². The summed E-state index contributed by atoms with van der Waals surface area (Å²) in [5, 5.41) is 43.3. The van der Waals surface area contributed by atoms with Crippen molar-refractivity contribution >= 4 is 101 Å². The van der Waals surface area contributed by atoms with Crippen LogP contribution in [-0.4, -0.2) is 80.2 Å². The van der Waals surface area contributed by atoms with E-state index in [0.29, 0.717) is 30.3 Å². The molecule has 5 aromatic rings. The van der Waals surface area contributed by atoms with Gasteiger partial charge in [-0.05, 0) is 53.9 Å². The molecule has 286 valence electrons. The lowest BCUT2D eigenvalue weighted by molar-refractivity contribution is 0.457. The summed E-state index contributed by atoms with van der Waals surface area (Å²) < 4.78 is 170. The smallest absolute Gasteiger partial charge is 0.297 e. The average molecular weight is 850 g/mol. The third-order valence-corrected chi connectivity index (χ3v) is 11.5. The first-order valence-electron chi connectivity index (χ1n) is 13.6. The Morgan fingerprint density at radius 2 is 1.00 bits per heavy atom. The Balaban J connectivity index is 1.80. The number of phenols is 3. The predicted molar refractivity (Wildman–Crippen MR) is 181 cm³/mol. The number of aromatic hydroxyl groups is 3. The van der Waals surface area contributed by atoms with E-state index in [2.05, 4.69) is 20.5 Å². The number of nitrogen functional groups attached to an aromatic ring is 1. The van der Waals surface area contributed by atoms with Gasteiger partial charge in [-0.25, -0.2) is 0 Å². The molecule has 0 saturated heterocycles. The first kappa shape index (κ1) is 39.8. The Morgan fingerprint density at radius 1 is 0.481 bits per heavy atom. The van der Waals surface area contributed by atoms with Crippen LogP contribution in [0.4, 0.5) is 28.4 Å². The molecule has 0 atom stereocenters. The zero-order valence-electron chi connectivity index (χ0n) is 25.8. The molecule has 0 spiro atoms. The minimum absolute atomic E-state index is 0.170. The minimum Gasteiger partial charge on any atom is -0.507 e. The van der Waals surface area contributed by atoms with Crippen molar-refractivity contribution in [3.8, 4) is 17.2 Å². The van der Waals surface area contributed by atoms with Gasteiger partial charge in [0.05, 0.1) is 10.3 Å². The second-order valence-corrected chi connectivity index (χ2v) is 17.6. The highest BCUT2D eigenvalue weighted by molar-refractivity contribution is 7.87. The molecule has 0 saturated carbocycles. The van der Waals surface area contributed by atoms with Gasteiger partial charge in [0.15, 0.2) is 11.5 Å². The zero-order valence-corrected chi connectivity index (χ0v) is 29.8. The van der Waals surface area contributed by atoms with E-state index >= 15 is 0 Å². The topological polar surface area (TPSA) is 408 Å². The van der Waals surface area contributed by atoms with E-state index in [1.807, 2.05) is 0 Å². The number of hydrogen-bond donors (Lipinski definition) is 9. The third-order valence-electron chi connectivity index (χ3n) is 7.16. The van der Waals surface area contributed by atoms with Crippen LogP contribution in [-0.2, 0) is 50.6 Å². The monoisotopic (exact) mass is 849 g/mol. The molecule has 0 heterocycles. The summed E-state index contributed by atoms with van der Waals surface area (Å²) in [7, 11) is -26.6. The quantitative estimate of drug-likeness (QED) is 0.0579. The molecule has 28 heteroatoms. The van der Waals surface area contributed by atoms with Crippen molar-refractivity contribution in [2.24, 2.45) is 20.5 Å². The highest BCUT2D eigenvalue weighted by Gasteiger charge is 2.29. The van der Waals surface area contributed by atoms with Crippen LogP contribution in [0.1, 0.15) is 0 Å². The third kappa shape index (κ3) is 7.63. The largest absolute Gasteiger partial charge is 0.507 e. The Labute approximate surface area is 302 Å². The lowest BCUT2D eigenvalue weighted by Crippen LogP contribution is -2.03. The van der Waals surface area contributed by atoms with Gasteiger partial charge in [-0.3, -0.25) is 22.8 Å². The van der Waals surface area contributed by atoms with Gasteiger partial charge in [0.25, 0.3) is 50.6 Å². The fraction of sp³-hybridized carbons (Fsp3) is 0. The molecular formula is C26H19N5O18S5. The first-order chi connectivity index (χ1) is 24.6. The number of benzene rings is 5. The number of rotatable bonds is 9. The number of anilines is 1. The predicted octanol–water partition coefficient (Wildman–Crippen LogP) is 3.76. The number of nitrogens with two attached hydrogens (primary N) is 1. The first-order valence-corrected chi connectivity index (χ1v) is 20.8. The molecule has 0 unspecified atom stereocenters. The van der Waals surface area contributed by atoms with E-state index in [4.69, 9.17) is 5.73 Å². The van der Waals surface area contributed by atoms with Gasteiger partial charge in [-0.2, -0.15) is 42.1 Å². The van der Waals surface area contributed by atoms with E-state index in [1.54, 1.807) is 0 Å². The van der Waals surface area contributed by atoms with Crippen molar-refractivity contribution in [1.82, 2.24) is 0 Å². The molecule has 0 aliphatic carbocycles. The molecule has 10 N–H and O–H groups in total. The molecule has 5 rings (SSSR count). The molecule has 0 aliphatic rings. The molecule has 0 aromatic heterocycles. The highest BCUT2D eigenvalue weighted by atomic mass is 32.2. The van der Waals surface area contributed by atoms with Gasteiger partial charge in [0.1, 0.15) is 48.1 Å². The summed E-state index contributed by atoms with van der Waals surface area (Å²) in [5.74, 6) is -3.65. The number of hydrogen-bond acceptors (Lipinski definition) is 18. The highest BCUT2D eigenvalue weighted by Crippen LogP contribution is 2.48. The van der Waals surface area contributed by atoms with Gasteiger partial charge in [0.2, 0.25) is 0 Å². The normalized spacial score (nSPS) is 13.4. The van der Waals surface area contributed by atoms with Crippen molar-refractivity contribution in [1.29, 1.82) is 0 Å². The van der Waals surface area contributed by atoms with Gasteiger partial charge >= 0.3 is 0 Å². The van der Waals surface area contributed by atoms with E-state index in [9.17, 15) is 80.2 Å². The van der Waals surface area contributed by atoms with Crippen molar-refractivity contribution in [3.05, 3.63) is 54.6 Å². The standard InChI is InChI=1S/C26H19N5O18S5/c27-11-1-3-15(18(7-11)51(38,39)40)28-30-22-20(53(44,45)46)9-14-13(24(22)33)2-4-16(26(14)54(47,48)49)29-31-23-19(52(41,42)43)6-10-5-12(50(35,36)37)8-17(32)21(10)25(23)34/h1-9,32-34H,27H2,(H,35,36,37)(H,38,39,40)(H,41,42,43)(H,44,45,46)(H,47,48,49)/b30-28+,31-29+. The number of nitrogens with zero attached hydrogens (tertiary/aromatic N) is 4. The summed E-state index contributed by atoms with van der Waals surface area (Å²) in [6, 6.07) is 6.11. The molecule has 5 aromatic carbocycles. The van der Waals surface area contributed by atoms with Crippen molar-refractivity contribution in [2.45, 2.75) is 24.5 Å². The zero-order chi connectivity index (χ0) is 40.5. The van der Waals surface area contributed by atoms with Crippen molar-refractivity contribution in [3.63, 3.8) is 0 Å². The van der Waals surface area contributed by atoms with Crippen LogP contribution in [0.15, 0.2) is 99.5 Å². The maximum atomic E-state index is 12.7. The van der Waals surface area contributed by atoms with Crippen LogP contribution in [0.5, 0.6) is 17.2 Å². The van der Waals surface area contributed by atoms with Crippen LogP contribution >= 0.6 is 0 Å². The number of azo groups is 2. The van der Waals surface area contributed by atoms with E-state index in [0.717, 1.165) is 24.3 Å². The maximum Gasteiger partial charge on any atom is 0.297 e. The van der Waals surface area contributed by atoms with Crippen molar-refractivity contribution < 1.29 is 80.2 Å². The van der Waals surface area contributed by atoms with Crippen LogP contribution in [0, 0.1) is 0 Å². The molecule has 0 fully saturated rings. The number of phenolic OH excluding ortho intramolecular Hbond substituents is 3. The Morgan fingerprint density at radius 3 is 1.54 bits per heavy atom. The lowest BCUT2D eigenvalue weighted by atomic mass is 10.1. The maximum absolute atomic E-state index is 12.7. The van der Waals surface area contributed by atoms with E-state index in [-0.39, 0.29) is 5.69 Å². The van der Waals surface area contributed by atoms with Gasteiger partial charge < -0.3 is 21.1 Å². The molecule has 0 aliphatic heterocycles.